The molecule has 72 valence electrons. The van der Waals surface area contributed by atoms with Gasteiger partial charge in [0, 0.05) is 16.9 Å². The SMILES string of the molecule is CNc1ccc(-c2cc(Br)cs2)nn1. The lowest BCUT2D eigenvalue weighted by Crippen LogP contribution is -1.94. The van der Waals surface area contributed by atoms with Crippen LogP contribution in [0.15, 0.2) is 28.1 Å². The van der Waals surface area contributed by atoms with Gasteiger partial charge in [-0.15, -0.1) is 21.5 Å². The predicted octanol–water partition coefficient (Wildman–Crippen LogP) is 3.01. The summed E-state index contributed by atoms with van der Waals surface area (Å²) in [6, 6.07) is 5.90. The van der Waals surface area contributed by atoms with Gasteiger partial charge in [0.1, 0.15) is 11.5 Å². The van der Waals surface area contributed by atoms with Gasteiger partial charge in [-0.1, -0.05) is 0 Å². The Bertz CT molecular complexity index is 424. The van der Waals surface area contributed by atoms with Crippen LogP contribution in [-0.4, -0.2) is 17.2 Å². The smallest absolute Gasteiger partial charge is 0.148 e. The zero-order valence-electron chi connectivity index (χ0n) is 7.49. The van der Waals surface area contributed by atoms with Crippen LogP contribution in [0.4, 0.5) is 5.82 Å². The zero-order valence-corrected chi connectivity index (χ0v) is 9.89. The van der Waals surface area contributed by atoms with Gasteiger partial charge in [-0.2, -0.15) is 0 Å². The second-order valence-corrected chi connectivity index (χ2v) is 4.51. The summed E-state index contributed by atoms with van der Waals surface area (Å²) >= 11 is 5.05. The number of anilines is 1. The van der Waals surface area contributed by atoms with Gasteiger partial charge in [0.05, 0.1) is 4.88 Å². The van der Waals surface area contributed by atoms with Gasteiger partial charge in [0.2, 0.25) is 0 Å². The summed E-state index contributed by atoms with van der Waals surface area (Å²) in [4.78, 5) is 1.12. The largest absolute Gasteiger partial charge is 0.372 e. The lowest BCUT2D eigenvalue weighted by Gasteiger charge is -1.98. The summed E-state index contributed by atoms with van der Waals surface area (Å²) in [6.07, 6.45) is 0. The summed E-state index contributed by atoms with van der Waals surface area (Å²) < 4.78 is 1.08. The molecule has 5 heteroatoms. The first-order chi connectivity index (χ1) is 6.79. The van der Waals surface area contributed by atoms with Crippen LogP contribution in [0.25, 0.3) is 10.6 Å². The van der Waals surface area contributed by atoms with Crippen LogP contribution in [0.1, 0.15) is 0 Å². The fourth-order valence-electron chi connectivity index (χ4n) is 1.04. The maximum absolute atomic E-state index is 4.11. The van der Waals surface area contributed by atoms with Gasteiger partial charge in [0.15, 0.2) is 0 Å². The van der Waals surface area contributed by atoms with Crippen LogP contribution in [0.3, 0.4) is 0 Å². The highest BCUT2D eigenvalue weighted by atomic mass is 79.9. The van der Waals surface area contributed by atoms with Crippen molar-refractivity contribution in [3.63, 3.8) is 0 Å². The molecule has 2 aromatic rings. The van der Waals surface area contributed by atoms with Gasteiger partial charge >= 0.3 is 0 Å². The van der Waals surface area contributed by atoms with Gasteiger partial charge in [-0.25, -0.2) is 0 Å². The summed E-state index contributed by atoms with van der Waals surface area (Å²) in [5.74, 6) is 0.782. The minimum atomic E-state index is 0.782. The van der Waals surface area contributed by atoms with Gasteiger partial charge < -0.3 is 5.32 Å². The Balaban J connectivity index is 2.33. The Morgan fingerprint density at radius 1 is 1.36 bits per heavy atom. The Hall–Kier alpha value is -0.940. The van der Waals surface area contributed by atoms with E-state index in [0.717, 1.165) is 20.9 Å². The lowest BCUT2D eigenvalue weighted by atomic mass is 10.3. The molecule has 0 atom stereocenters. The highest BCUT2D eigenvalue weighted by Crippen LogP contribution is 2.28. The molecule has 0 saturated carbocycles. The van der Waals surface area contributed by atoms with E-state index in [2.05, 4.69) is 31.4 Å². The lowest BCUT2D eigenvalue weighted by molar-refractivity contribution is 1.04. The van der Waals surface area contributed by atoms with Crippen LogP contribution < -0.4 is 5.32 Å². The van der Waals surface area contributed by atoms with E-state index in [4.69, 9.17) is 0 Å². The second kappa shape index (κ2) is 4.06. The molecule has 0 aliphatic rings. The molecule has 0 aliphatic heterocycles. The van der Waals surface area contributed by atoms with Gasteiger partial charge in [-0.05, 0) is 34.1 Å². The Kier molecular flexibility index (Phi) is 2.79. The van der Waals surface area contributed by atoms with E-state index < -0.39 is 0 Å². The van der Waals surface area contributed by atoms with Crippen molar-refractivity contribution < 1.29 is 0 Å². The molecule has 14 heavy (non-hydrogen) atoms. The molecule has 2 rings (SSSR count). The maximum atomic E-state index is 4.11. The van der Waals surface area contributed by atoms with E-state index in [1.807, 2.05) is 30.6 Å². The normalized spacial score (nSPS) is 10.1. The summed E-state index contributed by atoms with van der Waals surface area (Å²) in [5, 5.41) is 13.1. The first-order valence-electron chi connectivity index (χ1n) is 4.05. The number of thiophene rings is 1. The summed E-state index contributed by atoms with van der Waals surface area (Å²) in [7, 11) is 1.82. The average Bonchev–Trinajstić information content (AvgIpc) is 2.65. The van der Waals surface area contributed by atoms with Crippen LogP contribution in [0.2, 0.25) is 0 Å². The minimum absolute atomic E-state index is 0.782. The van der Waals surface area contributed by atoms with Crippen molar-refractivity contribution >= 4 is 33.1 Å². The van der Waals surface area contributed by atoms with Crippen LogP contribution in [0, 0.1) is 0 Å². The molecule has 3 nitrogen and oxygen atoms in total. The van der Waals surface area contributed by atoms with E-state index in [1.165, 1.54) is 0 Å². The van der Waals surface area contributed by atoms with E-state index in [-0.39, 0.29) is 0 Å². The number of hydrogen-bond acceptors (Lipinski definition) is 4. The molecule has 0 saturated heterocycles. The van der Waals surface area contributed by atoms with E-state index in [0.29, 0.717) is 0 Å². The molecule has 0 aromatic carbocycles. The molecule has 0 spiro atoms. The molecule has 0 bridgehead atoms. The third kappa shape index (κ3) is 1.93. The van der Waals surface area contributed by atoms with Crippen molar-refractivity contribution in [3.05, 3.63) is 28.1 Å². The van der Waals surface area contributed by atoms with Gasteiger partial charge in [-0.3, -0.25) is 0 Å². The van der Waals surface area contributed by atoms with E-state index in [1.54, 1.807) is 11.3 Å². The Morgan fingerprint density at radius 2 is 2.21 bits per heavy atom. The molecular formula is C9H8BrN3S. The quantitative estimate of drug-likeness (QED) is 0.911. The Labute approximate surface area is 94.3 Å². The van der Waals surface area contributed by atoms with E-state index >= 15 is 0 Å². The van der Waals surface area contributed by atoms with Crippen molar-refractivity contribution in [1.29, 1.82) is 0 Å². The molecule has 0 unspecified atom stereocenters. The highest BCUT2D eigenvalue weighted by Gasteiger charge is 2.02. The molecule has 0 radical (unpaired) electrons. The number of nitrogens with one attached hydrogen (secondary N) is 1. The third-order valence-corrected chi connectivity index (χ3v) is 3.45. The standard InChI is InChI=1S/C9H8BrN3S/c1-11-9-3-2-7(12-13-9)8-4-6(10)5-14-8/h2-5H,1H3,(H,11,13). The molecule has 0 fully saturated rings. The fourth-order valence-corrected chi connectivity index (χ4v) is 2.44. The summed E-state index contributed by atoms with van der Waals surface area (Å²) in [6.45, 7) is 0. The zero-order chi connectivity index (χ0) is 9.97. The topological polar surface area (TPSA) is 37.8 Å². The van der Waals surface area contributed by atoms with Crippen molar-refractivity contribution in [1.82, 2.24) is 10.2 Å². The Morgan fingerprint density at radius 3 is 2.71 bits per heavy atom. The number of aromatic nitrogens is 2. The van der Waals surface area contributed by atoms with Crippen molar-refractivity contribution in [2.45, 2.75) is 0 Å². The predicted molar refractivity (Wildman–Crippen MR) is 62.6 cm³/mol. The molecule has 2 heterocycles. The third-order valence-electron chi connectivity index (χ3n) is 1.74. The fraction of sp³-hybridized carbons (Fsp3) is 0.111. The number of hydrogen-bond donors (Lipinski definition) is 1. The minimum Gasteiger partial charge on any atom is -0.372 e. The highest BCUT2D eigenvalue weighted by molar-refractivity contribution is 9.10. The van der Waals surface area contributed by atoms with E-state index in [9.17, 15) is 0 Å². The van der Waals surface area contributed by atoms with Crippen LogP contribution in [0.5, 0.6) is 0 Å². The number of halogens is 1. The second-order valence-electron chi connectivity index (χ2n) is 2.68. The molecule has 1 N–H and O–H groups in total. The van der Waals surface area contributed by atoms with Crippen molar-refractivity contribution in [2.75, 3.05) is 12.4 Å². The molecule has 0 aliphatic carbocycles. The first-order valence-corrected chi connectivity index (χ1v) is 5.73. The van der Waals surface area contributed by atoms with Crippen LogP contribution in [-0.2, 0) is 0 Å². The number of rotatable bonds is 2. The molecule has 2 aromatic heterocycles. The first kappa shape index (κ1) is 9.61. The monoisotopic (exact) mass is 269 g/mol. The van der Waals surface area contributed by atoms with Crippen molar-refractivity contribution in [2.24, 2.45) is 0 Å². The summed E-state index contributed by atoms with van der Waals surface area (Å²) in [5.41, 5.74) is 0.903. The number of nitrogens with zero attached hydrogens (tertiary/aromatic N) is 2. The van der Waals surface area contributed by atoms with Crippen LogP contribution >= 0.6 is 27.3 Å². The maximum Gasteiger partial charge on any atom is 0.148 e. The molecule has 0 amide bonds. The van der Waals surface area contributed by atoms with Crippen molar-refractivity contribution in [3.8, 4) is 10.6 Å². The molecular weight excluding hydrogens is 262 g/mol. The van der Waals surface area contributed by atoms with Gasteiger partial charge in [0.25, 0.3) is 0 Å². The average molecular weight is 270 g/mol.